The summed E-state index contributed by atoms with van der Waals surface area (Å²) in [7, 11) is 0. The second-order valence-electron chi connectivity index (χ2n) is 4.13. The molecule has 0 aromatic heterocycles. The van der Waals surface area contributed by atoms with E-state index < -0.39 is 5.97 Å². The zero-order valence-corrected chi connectivity index (χ0v) is 10.5. The first-order valence-electron chi connectivity index (χ1n) is 6.27. The van der Waals surface area contributed by atoms with Crippen LogP contribution >= 0.6 is 0 Å². The smallest absolute Gasteiger partial charge is 0.303 e. The molecule has 18 heavy (non-hydrogen) atoms. The molecule has 0 saturated heterocycles. The van der Waals surface area contributed by atoms with Crippen molar-refractivity contribution in [1.29, 1.82) is 0 Å². The number of aliphatic hydroxyl groups excluding tert-OH is 1. The molecule has 0 aliphatic carbocycles. The Morgan fingerprint density at radius 3 is 2.67 bits per heavy atom. The standard InChI is InChI=1S/C14H20O4/c15-10-4-1-5-11-18-13-7-3-2-6-12(13)8-9-14(16)17/h2-3,6-7,15H,1,4-5,8-11H2,(H,16,17). The molecule has 0 bridgehead atoms. The second-order valence-corrected chi connectivity index (χ2v) is 4.13. The molecule has 0 spiro atoms. The van der Waals surface area contributed by atoms with Gasteiger partial charge in [-0.1, -0.05) is 18.2 Å². The Balaban J connectivity index is 2.41. The fourth-order valence-electron chi connectivity index (χ4n) is 1.67. The average molecular weight is 252 g/mol. The van der Waals surface area contributed by atoms with E-state index in [1.807, 2.05) is 24.3 Å². The summed E-state index contributed by atoms with van der Waals surface area (Å²) in [6, 6.07) is 7.53. The maximum Gasteiger partial charge on any atom is 0.303 e. The van der Waals surface area contributed by atoms with Gasteiger partial charge in [-0.25, -0.2) is 0 Å². The molecule has 1 aromatic rings. The zero-order valence-electron chi connectivity index (χ0n) is 10.5. The van der Waals surface area contributed by atoms with Crippen molar-refractivity contribution in [3.8, 4) is 5.75 Å². The van der Waals surface area contributed by atoms with Gasteiger partial charge in [-0.2, -0.15) is 0 Å². The topological polar surface area (TPSA) is 66.8 Å². The summed E-state index contributed by atoms with van der Waals surface area (Å²) < 4.78 is 5.64. The molecular weight excluding hydrogens is 232 g/mol. The van der Waals surface area contributed by atoms with Gasteiger partial charge in [0.15, 0.2) is 0 Å². The van der Waals surface area contributed by atoms with Gasteiger partial charge >= 0.3 is 5.97 Å². The van der Waals surface area contributed by atoms with E-state index in [0.717, 1.165) is 30.6 Å². The molecule has 0 heterocycles. The van der Waals surface area contributed by atoms with Crippen LogP contribution in [0.15, 0.2) is 24.3 Å². The third-order valence-corrected chi connectivity index (χ3v) is 2.64. The van der Waals surface area contributed by atoms with E-state index in [2.05, 4.69) is 0 Å². The molecule has 4 nitrogen and oxygen atoms in total. The van der Waals surface area contributed by atoms with Gasteiger partial charge in [0.05, 0.1) is 6.61 Å². The van der Waals surface area contributed by atoms with Crippen molar-refractivity contribution in [3.63, 3.8) is 0 Å². The summed E-state index contributed by atoms with van der Waals surface area (Å²) in [5.74, 6) is -0.0319. The first-order valence-corrected chi connectivity index (χ1v) is 6.27. The molecular formula is C14H20O4. The first-order chi connectivity index (χ1) is 8.74. The van der Waals surface area contributed by atoms with Crippen molar-refractivity contribution in [1.82, 2.24) is 0 Å². The Morgan fingerprint density at radius 2 is 1.94 bits per heavy atom. The molecule has 0 fully saturated rings. The predicted octanol–water partition coefficient (Wildman–Crippen LogP) is 2.25. The highest BCUT2D eigenvalue weighted by Gasteiger charge is 2.05. The van der Waals surface area contributed by atoms with Gasteiger partial charge in [-0.05, 0) is 37.3 Å². The molecule has 0 aliphatic rings. The zero-order chi connectivity index (χ0) is 13.2. The first kappa shape index (κ1) is 14.5. The van der Waals surface area contributed by atoms with E-state index in [0.29, 0.717) is 13.0 Å². The van der Waals surface area contributed by atoms with Crippen LogP contribution in [0, 0.1) is 0 Å². The van der Waals surface area contributed by atoms with Crippen molar-refractivity contribution in [3.05, 3.63) is 29.8 Å². The number of aryl methyl sites for hydroxylation is 1. The Morgan fingerprint density at radius 1 is 1.17 bits per heavy atom. The van der Waals surface area contributed by atoms with E-state index in [4.69, 9.17) is 14.9 Å². The fourth-order valence-corrected chi connectivity index (χ4v) is 1.67. The monoisotopic (exact) mass is 252 g/mol. The number of aliphatic hydroxyl groups is 1. The van der Waals surface area contributed by atoms with Crippen LogP contribution < -0.4 is 4.74 Å². The number of hydrogen-bond donors (Lipinski definition) is 2. The lowest BCUT2D eigenvalue weighted by Gasteiger charge is -2.10. The molecule has 2 N–H and O–H groups in total. The number of carboxylic acid groups (broad SMARTS) is 1. The van der Waals surface area contributed by atoms with Crippen molar-refractivity contribution in [2.24, 2.45) is 0 Å². The Kier molecular flexibility index (Phi) is 6.87. The van der Waals surface area contributed by atoms with Crippen molar-refractivity contribution < 1.29 is 19.7 Å². The Bertz CT molecular complexity index is 363. The van der Waals surface area contributed by atoms with Gasteiger partial charge in [-0.3, -0.25) is 4.79 Å². The second kappa shape index (κ2) is 8.53. The number of unbranched alkanes of at least 4 members (excludes halogenated alkanes) is 2. The SMILES string of the molecule is O=C(O)CCc1ccccc1OCCCCCO. The lowest BCUT2D eigenvalue weighted by Crippen LogP contribution is -2.03. The molecule has 4 heteroatoms. The van der Waals surface area contributed by atoms with Crippen LogP contribution in [0.5, 0.6) is 5.75 Å². The van der Waals surface area contributed by atoms with Crippen LogP contribution in [0.25, 0.3) is 0 Å². The third kappa shape index (κ3) is 5.68. The van der Waals surface area contributed by atoms with E-state index in [1.165, 1.54) is 0 Å². The molecule has 0 amide bonds. The molecule has 1 rings (SSSR count). The molecule has 100 valence electrons. The van der Waals surface area contributed by atoms with Crippen LogP contribution in [-0.2, 0) is 11.2 Å². The molecule has 1 aromatic carbocycles. The van der Waals surface area contributed by atoms with Gasteiger partial charge in [0.25, 0.3) is 0 Å². The predicted molar refractivity (Wildman–Crippen MR) is 68.8 cm³/mol. The highest BCUT2D eigenvalue weighted by molar-refractivity contribution is 5.67. The highest BCUT2D eigenvalue weighted by Crippen LogP contribution is 2.19. The summed E-state index contributed by atoms with van der Waals surface area (Å²) in [6.45, 7) is 0.819. The van der Waals surface area contributed by atoms with Gasteiger partial charge in [0.1, 0.15) is 5.75 Å². The molecule has 0 unspecified atom stereocenters. The van der Waals surface area contributed by atoms with E-state index >= 15 is 0 Å². The van der Waals surface area contributed by atoms with Gasteiger partial charge in [0.2, 0.25) is 0 Å². The molecule has 0 atom stereocenters. The number of hydrogen-bond acceptors (Lipinski definition) is 3. The summed E-state index contributed by atoms with van der Waals surface area (Å²) in [6.07, 6.45) is 3.23. The van der Waals surface area contributed by atoms with Crippen molar-refractivity contribution >= 4 is 5.97 Å². The lowest BCUT2D eigenvalue weighted by atomic mass is 10.1. The van der Waals surface area contributed by atoms with Crippen LogP contribution in [0.4, 0.5) is 0 Å². The van der Waals surface area contributed by atoms with Crippen LogP contribution in [0.2, 0.25) is 0 Å². The number of carboxylic acids is 1. The van der Waals surface area contributed by atoms with E-state index in [1.54, 1.807) is 0 Å². The molecule has 0 radical (unpaired) electrons. The van der Waals surface area contributed by atoms with Crippen LogP contribution in [0.3, 0.4) is 0 Å². The van der Waals surface area contributed by atoms with Crippen LogP contribution in [0.1, 0.15) is 31.2 Å². The van der Waals surface area contributed by atoms with Gasteiger partial charge < -0.3 is 14.9 Å². The summed E-state index contributed by atoms with van der Waals surface area (Å²) >= 11 is 0. The number of aliphatic carboxylic acids is 1. The Labute approximate surface area is 107 Å². The largest absolute Gasteiger partial charge is 0.493 e. The number of ether oxygens (including phenoxy) is 1. The van der Waals surface area contributed by atoms with E-state index in [9.17, 15) is 4.79 Å². The van der Waals surface area contributed by atoms with E-state index in [-0.39, 0.29) is 13.0 Å². The fraction of sp³-hybridized carbons (Fsp3) is 0.500. The van der Waals surface area contributed by atoms with Crippen molar-refractivity contribution in [2.45, 2.75) is 32.1 Å². The quantitative estimate of drug-likeness (QED) is 0.661. The highest BCUT2D eigenvalue weighted by atomic mass is 16.5. The summed E-state index contributed by atoms with van der Waals surface area (Å²) in [5, 5.41) is 17.3. The summed E-state index contributed by atoms with van der Waals surface area (Å²) in [5.41, 5.74) is 0.932. The number of carbonyl (C=O) groups is 1. The maximum atomic E-state index is 10.6. The lowest BCUT2D eigenvalue weighted by molar-refractivity contribution is -0.136. The number of para-hydroxylation sites is 1. The molecule has 0 saturated carbocycles. The minimum atomic E-state index is -0.798. The van der Waals surface area contributed by atoms with Gasteiger partial charge in [0, 0.05) is 13.0 Å². The Hall–Kier alpha value is -1.55. The average Bonchev–Trinajstić information content (AvgIpc) is 2.37. The summed E-state index contributed by atoms with van der Waals surface area (Å²) in [4.78, 5) is 10.6. The number of benzene rings is 1. The normalized spacial score (nSPS) is 10.3. The number of rotatable bonds is 9. The van der Waals surface area contributed by atoms with Crippen LogP contribution in [-0.4, -0.2) is 29.4 Å². The molecule has 0 aliphatic heterocycles. The maximum absolute atomic E-state index is 10.6. The minimum Gasteiger partial charge on any atom is -0.493 e. The van der Waals surface area contributed by atoms with Gasteiger partial charge in [-0.15, -0.1) is 0 Å². The third-order valence-electron chi connectivity index (χ3n) is 2.64. The minimum absolute atomic E-state index is 0.116. The van der Waals surface area contributed by atoms with Crippen molar-refractivity contribution in [2.75, 3.05) is 13.2 Å².